The topological polar surface area (TPSA) is 43.6 Å². The maximum atomic E-state index is 5.06. The zero-order valence-corrected chi connectivity index (χ0v) is 30.4. The van der Waals surface area contributed by atoms with Crippen LogP contribution in [0.15, 0.2) is 200 Å². The van der Waals surface area contributed by atoms with E-state index >= 15 is 0 Å². The molecule has 1 unspecified atom stereocenters. The quantitative estimate of drug-likeness (QED) is 0.172. The first kappa shape index (κ1) is 32.0. The molecule has 0 aliphatic heterocycles. The maximum absolute atomic E-state index is 5.06. The Balaban J connectivity index is 1.07. The van der Waals surface area contributed by atoms with Gasteiger partial charge in [-0.2, -0.15) is 0 Å². The Morgan fingerprint density at radius 2 is 0.911 bits per heavy atom. The fourth-order valence-corrected chi connectivity index (χ4v) is 8.65. The standard InChI is InChI=1S/C52H34N4/c1-4-16-34(17-5-1)50-53-51(35-18-6-2-7-19-35)55-52(54-50)38-21-14-20-37(32-38)48-43-25-11-10-24-41(43)42-31-30-36(33-45(42)48)40-27-15-29-47-49(40)44-26-12-13-28-46(44)56(47)39-22-8-3-9-23-39/h1-33,48H. The van der Waals surface area contributed by atoms with Crippen molar-refractivity contribution in [2.75, 3.05) is 0 Å². The van der Waals surface area contributed by atoms with Gasteiger partial charge < -0.3 is 4.57 Å². The zero-order chi connectivity index (χ0) is 37.0. The van der Waals surface area contributed by atoms with Gasteiger partial charge in [0.2, 0.25) is 0 Å². The van der Waals surface area contributed by atoms with Gasteiger partial charge in [0, 0.05) is 39.1 Å². The molecule has 1 aliphatic carbocycles. The monoisotopic (exact) mass is 714 g/mol. The lowest BCUT2D eigenvalue weighted by atomic mass is 9.87. The molecule has 0 N–H and O–H groups in total. The maximum Gasteiger partial charge on any atom is 0.164 e. The third-order valence-electron chi connectivity index (χ3n) is 11.1. The highest BCUT2D eigenvalue weighted by Crippen LogP contribution is 2.50. The Morgan fingerprint density at radius 3 is 1.66 bits per heavy atom. The first-order valence-electron chi connectivity index (χ1n) is 19.1. The normalized spacial score (nSPS) is 13.2. The van der Waals surface area contributed by atoms with Crippen molar-refractivity contribution in [2.45, 2.75) is 5.92 Å². The number of benzene rings is 8. The first-order valence-corrected chi connectivity index (χ1v) is 19.1. The van der Waals surface area contributed by atoms with Crippen LogP contribution in [0, 0.1) is 0 Å². The predicted octanol–water partition coefficient (Wildman–Crippen LogP) is 12.8. The molecule has 8 aromatic carbocycles. The Bertz CT molecular complexity index is 3020. The summed E-state index contributed by atoms with van der Waals surface area (Å²) in [7, 11) is 0. The predicted molar refractivity (Wildman–Crippen MR) is 229 cm³/mol. The van der Waals surface area contributed by atoms with E-state index in [4.69, 9.17) is 15.0 Å². The molecule has 2 heterocycles. The minimum atomic E-state index is 0.0370. The van der Waals surface area contributed by atoms with Gasteiger partial charge in [0.1, 0.15) is 0 Å². The van der Waals surface area contributed by atoms with Gasteiger partial charge in [0.25, 0.3) is 0 Å². The second-order valence-corrected chi connectivity index (χ2v) is 14.4. The van der Waals surface area contributed by atoms with E-state index in [1.54, 1.807) is 0 Å². The van der Waals surface area contributed by atoms with Gasteiger partial charge in [-0.3, -0.25) is 0 Å². The van der Waals surface area contributed by atoms with Gasteiger partial charge in [-0.1, -0.05) is 164 Å². The van der Waals surface area contributed by atoms with E-state index in [2.05, 4.69) is 144 Å². The van der Waals surface area contributed by atoms with E-state index in [0.717, 1.165) is 22.4 Å². The highest BCUT2D eigenvalue weighted by atomic mass is 15.0. The van der Waals surface area contributed by atoms with Crippen molar-refractivity contribution < 1.29 is 0 Å². The van der Waals surface area contributed by atoms with Crippen LogP contribution in [0.2, 0.25) is 0 Å². The molecule has 4 heteroatoms. The lowest BCUT2D eigenvalue weighted by Crippen LogP contribution is -2.02. The lowest BCUT2D eigenvalue weighted by Gasteiger charge is -2.17. The third kappa shape index (κ3) is 5.26. The van der Waals surface area contributed by atoms with Crippen molar-refractivity contribution in [2.24, 2.45) is 0 Å². The summed E-state index contributed by atoms with van der Waals surface area (Å²) in [6.07, 6.45) is 0. The number of aromatic nitrogens is 4. The number of nitrogens with zero attached hydrogens (tertiary/aromatic N) is 4. The summed E-state index contributed by atoms with van der Waals surface area (Å²) in [4.78, 5) is 15.1. The molecule has 0 fully saturated rings. The molecule has 0 amide bonds. The van der Waals surface area contributed by atoms with Crippen LogP contribution in [0.5, 0.6) is 0 Å². The van der Waals surface area contributed by atoms with Crippen LogP contribution in [-0.2, 0) is 0 Å². The molecule has 1 atom stereocenters. The zero-order valence-electron chi connectivity index (χ0n) is 30.4. The lowest BCUT2D eigenvalue weighted by molar-refractivity contribution is 1.01. The van der Waals surface area contributed by atoms with Gasteiger partial charge in [-0.25, -0.2) is 15.0 Å². The largest absolute Gasteiger partial charge is 0.309 e. The van der Waals surface area contributed by atoms with Gasteiger partial charge in [0.05, 0.1) is 11.0 Å². The molecule has 11 rings (SSSR count). The molecular weight excluding hydrogens is 681 g/mol. The Labute approximate surface area is 325 Å². The average Bonchev–Trinajstić information content (AvgIpc) is 3.80. The molecule has 4 nitrogen and oxygen atoms in total. The number of fused-ring (bicyclic) bond motifs is 6. The van der Waals surface area contributed by atoms with Crippen molar-refractivity contribution in [1.82, 2.24) is 19.5 Å². The fourth-order valence-electron chi connectivity index (χ4n) is 8.65. The molecule has 0 saturated heterocycles. The fraction of sp³-hybridized carbons (Fsp3) is 0.0192. The second kappa shape index (κ2) is 13.2. The molecule has 262 valence electrons. The second-order valence-electron chi connectivity index (χ2n) is 14.4. The van der Waals surface area contributed by atoms with E-state index in [1.807, 2.05) is 60.7 Å². The van der Waals surface area contributed by atoms with Crippen LogP contribution in [0.25, 0.3) is 83.9 Å². The molecule has 1 aliphatic rings. The minimum absolute atomic E-state index is 0.0370. The van der Waals surface area contributed by atoms with Crippen molar-refractivity contribution in [1.29, 1.82) is 0 Å². The number of hydrogen-bond acceptors (Lipinski definition) is 3. The molecule has 0 radical (unpaired) electrons. The summed E-state index contributed by atoms with van der Waals surface area (Å²) in [5.41, 5.74) is 15.2. The highest BCUT2D eigenvalue weighted by molar-refractivity contribution is 6.15. The van der Waals surface area contributed by atoms with Crippen molar-refractivity contribution in [3.05, 3.63) is 217 Å². The highest BCUT2D eigenvalue weighted by Gasteiger charge is 2.31. The van der Waals surface area contributed by atoms with Gasteiger partial charge >= 0.3 is 0 Å². The summed E-state index contributed by atoms with van der Waals surface area (Å²) in [5.74, 6) is 2.00. The molecule has 0 bridgehead atoms. The minimum Gasteiger partial charge on any atom is -0.309 e. The van der Waals surface area contributed by atoms with Crippen molar-refractivity contribution in [3.63, 3.8) is 0 Å². The van der Waals surface area contributed by atoms with Crippen LogP contribution in [0.1, 0.15) is 22.6 Å². The van der Waals surface area contributed by atoms with E-state index in [9.17, 15) is 0 Å². The van der Waals surface area contributed by atoms with Crippen LogP contribution in [-0.4, -0.2) is 19.5 Å². The van der Waals surface area contributed by atoms with E-state index in [1.165, 1.54) is 60.8 Å². The summed E-state index contributed by atoms with van der Waals surface area (Å²) in [5, 5.41) is 2.51. The molecule has 2 aromatic heterocycles. The number of hydrogen-bond donors (Lipinski definition) is 0. The van der Waals surface area contributed by atoms with Crippen LogP contribution in [0.4, 0.5) is 0 Å². The molecular formula is C52H34N4. The van der Waals surface area contributed by atoms with E-state index in [-0.39, 0.29) is 5.92 Å². The van der Waals surface area contributed by atoms with Crippen LogP contribution >= 0.6 is 0 Å². The average molecular weight is 715 g/mol. The molecule has 0 spiro atoms. The van der Waals surface area contributed by atoms with Gasteiger partial charge in [-0.05, 0) is 75.3 Å². The summed E-state index contributed by atoms with van der Waals surface area (Å²) < 4.78 is 2.39. The van der Waals surface area contributed by atoms with Crippen molar-refractivity contribution >= 4 is 21.8 Å². The van der Waals surface area contributed by atoms with E-state index < -0.39 is 0 Å². The van der Waals surface area contributed by atoms with Gasteiger partial charge in [-0.15, -0.1) is 0 Å². The van der Waals surface area contributed by atoms with E-state index in [0.29, 0.717) is 17.5 Å². The Kier molecular flexibility index (Phi) is 7.52. The third-order valence-corrected chi connectivity index (χ3v) is 11.1. The summed E-state index contributed by atoms with van der Waals surface area (Å²) >= 11 is 0. The number of para-hydroxylation sites is 2. The molecule has 10 aromatic rings. The molecule has 56 heavy (non-hydrogen) atoms. The smallest absolute Gasteiger partial charge is 0.164 e. The summed E-state index contributed by atoms with van der Waals surface area (Å²) in [6.45, 7) is 0. The van der Waals surface area contributed by atoms with Crippen LogP contribution in [0.3, 0.4) is 0 Å². The molecule has 0 saturated carbocycles. The van der Waals surface area contributed by atoms with Gasteiger partial charge in [0.15, 0.2) is 17.5 Å². The first-order chi connectivity index (χ1) is 27.8. The van der Waals surface area contributed by atoms with Crippen molar-refractivity contribution in [3.8, 4) is 62.1 Å². The van der Waals surface area contributed by atoms with Crippen LogP contribution < -0.4 is 0 Å². The Hall–Kier alpha value is -7.43. The number of rotatable bonds is 6. The summed E-state index contributed by atoms with van der Waals surface area (Å²) in [6, 6.07) is 71.1. The SMILES string of the molecule is c1ccc(-c2nc(-c3ccccc3)nc(-c3cccc(C4c5ccccc5-c5ccc(-c6cccc7c6c6ccccc6n7-c6ccccc6)cc54)c3)n2)cc1. The Morgan fingerprint density at radius 1 is 0.357 bits per heavy atom.